The number of carbonyl (C=O) groups excluding carboxylic acids is 1. The summed E-state index contributed by atoms with van der Waals surface area (Å²) in [7, 11) is 2.07. The van der Waals surface area contributed by atoms with Crippen molar-refractivity contribution in [1.82, 2.24) is 9.80 Å². The monoisotopic (exact) mass is 268 g/mol. The highest BCUT2D eigenvalue weighted by Gasteiger charge is 2.40. The van der Waals surface area contributed by atoms with Gasteiger partial charge in [0.15, 0.2) is 0 Å². The molecule has 1 aliphatic carbocycles. The Labute approximate surface area is 114 Å². The fourth-order valence-corrected chi connectivity index (χ4v) is 3.46. The van der Waals surface area contributed by atoms with Crippen LogP contribution in [0, 0.1) is 11.8 Å². The summed E-state index contributed by atoms with van der Waals surface area (Å²) in [5.41, 5.74) is 0. The third-order valence-electron chi connectivity index (χ3n) is 4.48. The van der Waals surface area contributed by atoms with Gasteiger partial charge in [0, 0.05) is 19.1 Å². The summed E-state index contributed by atoms with van der Waals surface area (Å²) in [5, 5.41) is 9.22. The molecule has 0 spiro atoms. The fourth-order valence-electron chi connectivity index (χ4n) is 3.46. The van der Waals surface area contributed by atoms with Crippen molar-refractivity contribution in [1.29, 1.82) is 0 Å². The van der Waals surface area contributed by atoms with Gasteiger partial charge < -0.3 is 14.9 Å². The van der Waals surface area contributed by atoms with E-state index in [-0.39, 0.29) is 17.9 Å². The molecule has 19 heavy (non-hydrogen) atoms. The largest absolute Gasteiger partial charge is 0.481 e. The van der Waals surface area contributed by atoms with Crippen molar-refractivity contribution in [3.8, 4) is 0 Å². The number of aliphatic carboxylic acids is 1. The van der Waals surface area contributed by atoms with E-state index in [1.54, 1.807) is 0 Å². The Morgan fingerprint density at radius 2 is 1.79 bits per heavy atom. The first-order valence-electron chi connectivity index (χ1n) is 7.22. The summed E-state index contributed by atoms with van der Waals surface area (Å²) >= 11 is 0. The van der Waals surface area contributed by atoms with Crippen molar-refractivity contribution >= 4 is 11.9 Å². The molecule has 5 nitrogen and oxygen atoms in total. The van der Waals surface area contributed by atoms with E-state index < -0.39 is 11.9 Å². The zero-order valence-electron chi connectivity index (χ0n) is 11.8. The van der Waals surface area contributed by atoms with Gasteiger partial charge in [-0.3, -0.25) is 9.59 Å². The van der Waals surface area contributed by atoms with Gasteiger partial charge >= 0.3 is 5.97 Å². The van der Waals surface area contributed by atoms with E-state index in [9.17, 15) is 14.7 Å². The van der Waals surface area contributed by atoms with Crippen LogP contribution < -0.4 is 0 Å². The van der Waals surface area contributed by atoms with E-state index in [2.05, 4.69) is 18.9 Å². The van der Waals surface area contributed by atoms with Crippen LogP contribution in [0.2, 0.25) is 0 Å². The minimum atomic E-state index is -0.810. The molecule has 0 aromatic rings. The molecule has 1 heterocycles. The van der Waals surface area contributed by atoms with Crippen LogP contribution in [0.4, 0.5) is 0 Å². The normalized spacial score (nSPS) is 33.2. The van der Waals surface area contributed by atoms with Crippen LogP contribution in [0.15, 0.2) is 0 Å². The van der Waals surface area contributed by atoms with E-state index >= 15 is 0 Å². The molecule has 2 fully saturated rings. The first kappa shape index (κ1) is 14.3. The minimum Gasteiger partial charge on any atom is -0.481 e. The van der Waals surface area contributed by atoms with Gasteiger partial charge in [0.1, 0.15) is 0 Å². The first-order valence-corrected chi connectivity index (χ1v) is 7.22. The van der Waals surface area contributed by atoms with Crippen LogP contribution in [0.3, 0.4) is 0 Å². The van der Waals surface area contributed by atoms with Crippen molar-refractivity contribution < 1.29 is 14.7 Å². The van der Waals surface area contributed by atoms with Crippen molar-refractivity contribution in [3.05, 3.63) is 0 Å². The molecule has 1 amide bonds. The van der Waals surface area contributed by atoms with Gasteiger partial charge in [-0.2, -0.15) is 0 Å². The number of carboxylic acids is 1. The zero-order valence-corrected chi connectivity index (χ0v) is 11.8. The van der Waals surface area contributed by atoms with E-state index in [0.717, 1.165) is 38.9 Å². The van der Waals surface area contributed by atoms with Crippen molar-refractivity contribution in [3.63, 3.8) is 0 Å². The molecule has 0 aromatic heterocycles. The van der Waals surface area contributed by atoms with Crippen molar-refractivity contribution in [2.45, 2.75) is 38.6 Å². The highest BCUT2D eigenvalue weighted by molar-refractivity contribution is 5.85. The predicted octanol–water partition coefficient (Wildman–Crippen LogP) is 1.04. The Balaban J connectivity index is 2.07. The van der Waals surface area contributed by atoms with Crippen LogP contribution >= 0.6 is 0 Å². The molecule has 1 aliphatic heterocycles. The first-order chi connectivity index (χ1) is 9.00. The smallest absolute Gasteiger partial charge is 0.307 e. The summed E-state index contributed by atoms with van der Waals surface area (Å²) in [6.45, 7) is 4.69. The van der Waals surface area contributed by atoms with Crippen LogP contribution in [-0.4, -0.2) is 59.5 Å². The molecule has 0 radical (unpaired) electrons. The lowest BCUT2D eigenvalue weighted by atomic mass is 9.94. The zero-order chi connectivity index (χ0) is 14.0. The SMILES string of the molecule is CC1CN(C)CCCN1C(=O)[C@@H]1CCC[C@@H]1C(=O)O. The second-order valence-electron chi connectivity index (χ2n) is 5.98. The van der Waals surface area contributed by atoms with E-state index in [1.807, 2.05) is 4.90 Å². The number of hydrogen-bond acceptors (Lipinski definition) is 3. The maximum atomic E-state index is 12.6. The van der Waals surface area contributed by atoms with Crippen LogP contribution in [-0.2, 0) is 9.59 Å². The summed E-state index contributed by atoms with van der Waals surface area (Å²) in [6, 6.07) is 0.176. The van der Waals surface area contributed by atoms with Gasteiger partial charge in [-0.25, -0.2) is 0 Å². The highest BCUT2D eigenvalue weighted by Crippen LogP contribution is 2.34. The standard InChI is InChI=1S/C14H24N2O3/c1-10-9-15(2)7-4-8-16(10)13(17)11-5-3-6-12(11)14(18)19/h10-12H,3-9H2,1-2H3,(H,18,19)/t10?,11-,12+/m1/s1. The molecular weight excluding hydrogens is 244 g/mol. The van der Waals surface area contributed by atoms with E-state index in [4.69, 9.17) is 0 Å². The number of carbonyl (C=O) groups is 2. The average Bonchev–Trinajstić information content (AvgIpc) is 2.76. The quantitative estimate of drug-likeness (QED) is 0.813. The number of likely N-dealkylation sites (N-methyl/N-ethyl adjacent to an activating group) is 1. The fraction of sp³-hybridized carbons (Fsp3) is 0.857. The van der Waals surface area contributed by atoms with Gasteiger partial charge in [0.05, 0.1) is 11.8 Å². The van der Waals surface area contributed by atoms with Gasteiger partial charge in [-0.15, -0.1) is 0 Å². The van der Waals surface area contributed by atoms with Crippen LogP contribution in [0.1, 0.15) is 32.6 Å². The number of amides is 1. The van der Waals surface area contributed by atoms with Crippen LogP contribution in [0.25, 0.3) is 0 Å². The Hall–Kier alpha value is -1.10. The molecule has 5 heteroatoms. The summed E-state index contributed by atoms with van der Waals surface area (Å²) in [4.78, 5) is 28.0. The Morgan fingerprint density at radius 1 is 1.11 bits per heavy atom. The molecular formula is C14H24N2O3. The second kappa shape index (κ2) is 5.90. The Bertz CT molecular complexity index is 359. The van der Waals surface area contributed by atoms with Gasteiger partial charge in [0.2, 0.25) is 5.91 Å². The third kappa shape index (κ3) is 3.08. The molecule has 2 rings (SSSR count). The maximum absolute atomic E-state index is 12.6. The van der Waals surface area contributed by atoms with E-state index in [0.29, 0.717) is 6.42 Å². The predicted molar refractivity (Wildman–Crippen MR) is 71.8 cm³/mol. The van der Waals surface area contributed by atoms with Gasteiger partial charge in [0.25, 0.3) is 0 Å². The van der Waals surface area contributed by atoms with Crippen molar-refractivity contribution in [2.24, 2.45) is 11.8 Å². The van der Waals surface area contributed by atoms with E-state index in [1.165, 1.54) is 0 Å². The number of hydrogen-bond donors (Lipinski definition) is 1. The summed E-state index contributed by atoms with van der Waals surface area (Å²) in [6.07, 6.45) is 3.20. The lowest BCUT2D eigenvalue weighted by Crippen LogP contribution is -2.46. The molecule has 0 aromatic carbocycles. The number of nitrogens with zero attached hydrogens (tertiary/aromatic N) is 2. The molecule has 3 atom stereocenters. The molecule has 1 unspecified atom stereocenters. The van der Waals surface area contributed by atoms with Gasteiger partial charge in [-0.1, -0.05) is 6.42 Å². The number of rotatable bonds is 2. The Morgan fingerprint density at radius 3 is 2.47 bits per heavy atom. The van der Waals surface area contributed by atoms with Gasteiger partial charge in [-0.05, 0) is 39.8 Å². The molecule has 108 valence electrons. The second-order valence-corrected chi connectivity index (χ2v) is 5.98. The number of carboxylic acid groups (broad SMARTS) is 1. The third-order valence-corrected chi connectivity index (χ3v) is 4.48. The molecule has 2 aliphatic rings. The van der Waals surface area contributed by atoms with Crippen LogP contribution in [0.5, 0.6) is 0 Å². The van der Waals surface area contributed by atoms with Crippen molar-refractivity contribution in [2.75, 3.05) is 26.7 Å². The molecule has 1 saturated heterocycles. The minimum absolute atomic E-state index is 0.0627. The lowest BCUT2D eigenvalue weighted by Gasteiger charge is -2.31. The summed E-state index contributed by atoms with van der Waals surface area (Å²) < 4.78 is 0. The topological polar surface area (TPSA) is 60.9 Å². The molecule has 1 N–H and O–H groups in total. The lowest BCUT2D eigenvalue weighted by molar-refractivity contribution is -0.149. The Kier molecular flexibility index (Phi) is 4.45. The maximum Gasteiger partial charge on any atom is 0.307 e. The summed E-state index contributed by atoms with van der Waals surface area (Å²) in [5.74, 6) is -1.52. The highest BCUT2D eigenvalue weighted by atomic mass is 16.4. The average molecular weight is 268 g/mol. The molecule has 0 bridgehead atoms. The molecule has 1 saturated carbocycles.